The van der Waals surface area contributed by atoms with Crippen molar-refractivity contribution in [3.63, 3.8) is 0 Å². The van der Waals surface area contributed by atoms with Crippen LogP contribution in [-0.2, 0) is 20.9 Å². The van der Waals surface area contributed by atoms with Crippen LogP contribution >= 0.6 is 38.5 Å². The summed E-state index contributed by atoms with van der Waals surface area (Å²) in [4.78, 5) is 26.1. The van der Waals surface area contributed by atoms with Crippen molar-refractivity contribution in [3.05, 3.63) is 78.2 Å². The normalized spacial score (nSPS) is 18.4. The number of ether oxygens (including phenoxy) is 3. The molecule has 0 fully saturated rings. The second kappa shape index (κ2) is 9.85. The molecule has 0 amide bonds. The van der Waals surface area contributed by atoms with Crippen molar-refractivity contribution < 1.29 is 23.8 Å². The fraction of sp³-hybridized carbons (Fsp3) is 0.333. The monoisotopic (exact) mass is 634 g/mol. The third-order valence-electron chi connectivity index (χ3n) is 6.52. The van der Waals surface area contributed by atoms with E-state index in [1.54, 1.807) is 7.11 Å². The summed E-state index contributed by atoms with van der Waals surface area (Å²) in [5.74, 6) is 2.43. The fourth-order valence-electron chi connectivity index (χ4n) is 4.93. The molecule has 0 bridgehead atoms. The van der Waals surface area contributed by atoms with E-state index in [9.17, 15) is 9.59 Å². The van der Waals surface area contributed by atoms with Crippen molar-refractivity contribution in [1.29, 1.82) is 0 Å². The predicted molar refractivity (Wildman–Crippen MR) is 140 cm³/mol. The Bertz CT molecular complexity index is 1190. The van der Waals surface area contributed by atoms with Crippen LogP contribution in [0.15, 0.2) is 63.5 Å². The summed E-state index contributed by atoms with van der Waals surface area (Å²) in [7, 11) is 1.61. The van der Waals surface area contributed by atoms with E-state index >= 15 is 0 Å². The van der Waals surface area contributed by atoms with Gasteiger partial charge in [0.2, 0.25) is 0 Å². The van der Waals surface area contributed by atoms with Crippen molar-refractivity contribution in [1.82, 2.24) is 0 Å². The number of allylic oxidation sites excluding steroid dienone is 4. The molecule has 1 aliphatic heterocycles. The maximum Gasteiger partial charge on any atom is 0.174 e. The Kier molecular flexibility index (Phi) is 6.84. The maximum absolute atomic E-state index is 13.1. The van der Waals surface area contributed by atoms with Gasteiger partial charge in [0.25, 0.3) is 0 Å². The Morgan fingerprint density at radius 1 is 0.971 bits per heavy atom. The zero-order valence-electron chi connectivity index (χ0n) is 18.8. The summed E-state index contributed by atoms with van der Waals surface area (Å²) in [6.45, 7) is 0.401. The number of rotatable bonds is 5. The Labute approximate surface area is 220 Å². The van der Waals surface area contributed by atoms with E-state index in [2.05, 4.69) is 38.5 Å². The van der Waals surface area contributed by atoms with Crippen LogP contribution in [0, 0.1) is 3.57 Å². The number of hydrogen-bond donors (Lipinski definition) is 0. The van der Waals surface area contributed by atoms with Gasteiger partial charge in [-0.1, -0.05) is 28.1 Å². The van der Waals surface area contributed by atoms with Crippen LogP contribution in [0.25, 0.3) is 0 Å². The third-order valence-corrected chi connectivity index (χ3v) is 7.85. The average Bonchev–Trinajstić information content (AvgIpc) is 2.83. The quantitative estimate of drug-likeness (QED) is 0.340. The number of hydrogen-bond acceptors (Lipinski definition) is 5. The molecule has 5 rings (SSSR count). The molecular weight excluding hydrogens is 611 g/mol. The molecular formula is C27H24BrIO5. The zero-order chi connectivity index (χ0) is 23.8. The van der Waals surface area contributed by atoms with Crippen LogP contribution in [-0.4, -0.2) is 18.7 Å². The van der Waals surface area contributed by atoms with Crippen molar-refractivity contribution >= 4 is 50.1 Å². The lowest BCUT2D eigenvalue weighted by molar-refractivity contribution is -0.117. The van der Waals surface area contributed by atoms with Gasteiger partial charge in [0, 0.05) is 47.2 Å². The van der Waals surface area contributed by atoms with Gasteiger partial charge in [-0.3, -0.25) is 9.59 Å². The van der Waals surface area contributed by atoms with Gasteiger partial charge in [-0.2, -0.15) is 0 Å². The first-order valence-electron chi connectivity index (χ1n) is 11.4. The van der Waals surface area contributed by atoms with Crippen LogP contribution in [0.2, 0.25) is 0 Å². The third kappa shape index (κ3) is 4.44. The SMILES string of the molecule is COc1cc(C2C3=C(CCCC3=O)OC3=C2C(=O)CCC3)cc(I)c1OCc1ccc(Br)cc1. The summed E-state index contributed by atoms with van der Waals surface area (Å²) in [6.07, 6.45) is 3.99. The first-order chi connectivity index (χ1) is 16.5. The summed E-state index contributed by atoms with van der Waals surface area (Å²) < 4.78 is 19.9. The van der Waals surface area contributed by atoms with Gasteiger partial charge < -0.3 is 14.2 Å². The zero-order valence-corrected chi connectivity index (χ0v) is 22.5. The van der Waals surface area contributed by atoms with E-state index in [1.807, 2.05) is 36.4 Å². The van der Waals surface area contributed by atoms with Crippen molar-refractivity contribution in [2.75, 3.05) is 7.11 Å². The van der Waals surface area contributed by atoms with Gasteiger partial charge in [-0.05, 0) is 70.8 Å². The Balaban J connectivity index is 1.55. The van der Waals surface area contributed by atoms with E-state index in [1.165, 1.54) is 0 Å². The molecule has 5 nitrogen and oxygen atoms in total. The van der Waals surface area contributed by atoms with E-state index in [-0.39, 0.29) is 11.6 Å². The summed E-state index contributed by atoms with van der Waals surface area (Å²) >= 11 is 5.69. The Hall–Kier alpha value is -2.13. The summed E-state index contributed by atoms with van der Waals surface area (Å²) in [5, 5.41) is 0. The molecule has 0 spiro atoms. The highest BCUT2D eigenvalue weighted by molar-refractivity contribution is 14.1. The van der Waals surface area contributed by atoms with Crippen molar-refractivity contribution in [2.24, 2.45) is 0 Å². The lowest BCUT2D eigenvalue weighted by Gasteiger charge is -2.36. The van der Waals surface area contributed by atoms with Gasteiger partial charge >= 0.3 is 0 Å². The minimum absolute atomic E-state index is 0.0701. The second-order valence-corrected chi connectivity index (χ2v) is 10.8. The highest BCUT2D eigenvalue weighted by atomic mass is 127. The topological polar surface area (TPSA) is 61.8 Å². The Morgan fingerprint density at radius 3 is 2.18 bits per heavy atom. The number of benzene rings is 2. The van der Waals surface area contributed by atoms with Gasteiger partial charge in [0.05, 0.1) is 10.7 Å². The average molecular weight is 635 g/mol. The molecule has 1 heterocycles. The Morgan fingerprint density at radius 2 is 1.59 bits per heavy atom. The van der Waals surface area contributed by atoms with Crippen LogP contribution in [0.1, 0.15) is 55.6 Å². The summed E-state index contributed by atoms with van der Waals surface area (Å²) in [6, 6.07) is 11.9. The smallest absolute Gasteiger partial charge is 0.174 e. The highest BCUT2D eigenvalue weighted by Crippen LogP contribution is 2.49. The predicted octanol–water partition coefficient (Wildman–Crippen LogP) is 6.77. The number of halogens is 2. The molecule has 7 heteroatoms. The maximum atomic E-state index is 13.1. The first kappa shape index (κ1) is 23.6. The summed E-state index contributed by atoms with van der Waals surface area (Å²) in [5.41, 5.74) is 3.19. The van der Waals surface area contributed by atoms with Gasteiger partial charge in [-0.15, -0.1) is 0 Å². The molecule has 0 aromatic heterocycles. The van der Waals surface area contributed by atoms with Gasteiger partial charge in [0.15, 0.2) is 23.1 Å². The number of carbonyl (C=O) groups excluding carboxylic acids is 2. The van der Waals surface area contributed by atoms with E-state index in [0.29, 0.717) is 42.1 Å². The van der Waals surface area contributed by atoms with Crippen LogP contribution in [0.5, 0.6) is 11.5 Å². The molecule has 176 valence electrons. The van der Waals surface area contributed by atoms with E-state index in [4.69, 9.17) is 14.2 Å². The number of carbonyl (C=O) groups is 2. The van der Waals surface area contributed by atoms with Crippen LogP contribution in [0.4, 0.5) is 0 Å². The van der Waals surface area contributed by atoms with Crippen molar-refractivity contribution in [2.45, 2.75) is 51.0 Å². The lowest BCUT2D eigenvalue weighted by atomic mass is 9.73. The lowest BCUT2D eigenvalue weighted by Crippen LogP contribution is -2.30. The molecule has 0 N–H and O–H groups in total. The van der Waals surface area contributed by atoms with E-state index in [0.717, 1.165) is 56.4 Å². The van der Waals surface area contributed by atoms with Gasteiger partial charge in [0.1, 0.15) is 18.1 Å². The first-order valence-corrected chi connectivity index (χ1v) is 13.3. The molecule has 0 saturated carbocycles. The molecule has 2 aliphatic carbocycles. The van der Waals surface area contributed by atoms with Crippen molar-refractivity contribution in [3.8, 4) is 11.5 Å². The van der Waals surface area contributed by atoms with Crippen LogP contribution < -0.4 is 9.47 Å². The number of methoxy groups -OCH3 is 1. The molecule has 34 heavy (non-hydrogen) atoms. The molecule has 0 atom stereocenters. The fourth-order valence-corrected chi connectivity index (χ4v) is 5.98. The van der Waals surface area contributed by atoms with E-state index < -0.39 is 5.92 Å². The van der Waals surface area contributed by atoms with Crippen LogP contribution in [0.3, 0.4) is 0 Å². The standard InChI is InChI=1S/C27H24BrIO5/c1-32-23-13-16(12-18(29)27(23)33-14-15-8-10-17(28)11-9-15)24-25-19(30)4-2-6-21(25)34-22-7-3-5-20(31)26(22)24/h8-13,24H,2-7,14H2,1H3. The number of Topliss-reactive ketones (excluding diaryl/α,β-unsaturated/α-hetero) is 2. The molecule has 0 radical (unpaired) electrons. The number of ketones is 2. The molecule has 0 unspecified atom stereocenters. The molecule has 0 saturated heterocycles. The highest BCUT2D eigenvalue weighted by Gasteiger charge is 2.42. The largest absolute Gasteiger partial charge is 0.493 e. The molecule has 2 aromatic rings. The molecule has 3 aliphatic rings. The minimum atomic E-state index is -0.415. The second-order valence-electron chi connectivity index (χ2n) is 8.71. The minimum Gasteiger partial charge on any atom is -0.493 e. The van der Waals surface area contributed by atoms with Gasteiger partial charge in [-0.25, -0.2) is 0 Å². The molecule has 2 aromatic carbocycles.